The number of aromatic carboxylic acids is 1. The van der Waals surface area contributed by atoms with Crippen LogP contribution in [0.1, 0.15) is 62.2 Å². The molecule has 0 aliphatic rings. The third-order valence-corrected chi connectivity index (χ3v) is 3.47. The van der Waals surface area contributed by atoms with E-state index in [1.165, 1.54) is 43.9 Å². The molecule has 6 nitrogen and oxygen atoms in total. The van der Waals surface area contributed by atoms with Gasteiger partial charge in [0.25, 0.3) is 0 Å². The average Bonchev–Trinajstić information content (AvgIpc) is 2.49. The summed E-state index contributed by atoms with van der Waals surface area (Å²) in [7, 11) is 0. The molecule has 0 saturated carbocycles. The van der Waals surface area contributed by atoms with Gasteiger partial charge in [-0.05, 0) is 18.6 Å². The Bertz CT molecular complexity index is 516. The van der Waals surface area contributed by atoms with Crippen LogP contribution in [-0.2, 0) is 4.74 Å². The molecule has 1 rings (SSSR count). The number of aromatic hydroxyl groups is 1. The molecule has 0 unspecified atom stereocenters. The van der Waals surface area contributed by atoms with Gasteiger partial charge in [0.15, 0.2) is 0 Å². The summed E-state index contributed by atoms with van der Waals surface area (Å²) in [6, 6.07) is 4.10. The molecule has 23 heavy (non-hydrogen) atoms. The van der Waals surface area contributed by atoms with Gasteiger partial charge in [-0.15, -0.1) is 0 Å². The molecular weight excluding hydrogens is 298 g/mol. The van der Waals surface area contributed by atoms with E-state index in [0.29, 0.717) is 6.61 Å². The summed E-state index contributed by atoms with van der Waals surface area (Å²) >= 11 is 0. The number of hydrogen-bond acceptors (Lipinski definition) is 4. The number of carbonyl (C=O) groups is 2. The highest BCUT2D eigenvalue weighted by Crippen LogP contribution is 2.25. The van der Waals surface area contributed by atoms with Gasteiger partial charge < -0.3 is 14.9 Å². The topological polar surface area (TPSA) is 95.9 Å². The van der Waals surface area contributed by atoms with Crippen molar-refractivity contribution in [1.29, 1.82) is 0 Å². The number of carboxylic acid groups (broad SMARTS) is 1. The lowest BCUT2D eigenvalue weighted by Gasteiger charge is -2.10. The SMILES string of the molecule is CCCCCCCCCOC(=O)Nc1cccc(O)c1C(=O)O. The predicted molar refractivity (Wildman–Crippen MR) is 88.0 cm³/mol. The Labute approximate surface area is 136 Å². The van der Waals surface area contributed by atoms with Crippen LogP contribution in [0.2, 0.25) is 0 Å². The number of anilines is 1. The lowest BCUT2D eigenvalue weighted by molar-refractivity contribution is 0.0695. The number of phenols is 1. The van der Waals surface area contributed by atoms with Crippen LogP contribution in [0.25, 0.3) is 0 Å². The highest BCUT2D eigenvalue weighted by Gasteiger charge is 2.17. The first kappa shape index (κ1) is 18.8. The largest absolute Gasteiger partial charge is 0.507 e. The molecule has 0 fully saturated rings. The maximum Gasteiger partial charge on any atom is 0.411 e. The minimum absolute atomic E-state index is 0.0158. The number of hydrogen-bond donors (Lipinski definition) is 3. The van der Waals surface area contributed by atoms with Gasteiger partial charge >= 0.3 is 12.1 Å². The second kappa shape index (κ2) is 10.5. The first-order valence-corrected chi connectivity index (χ1v) is 8.05. The van der Waals surface area contributed by atoms with E-state index in [4.69, 9.17) is 9.84 Å². The Morgan fingerprint density at radius 2 is 1.74 bits per heavy atom. The number of unbranched alkanes of at least 4 members (excludes halogenated alkanes) is 6. The van der Waals surface area contributed by atoms with E-state index in [0.717, 1.165) is 19.3 Å². The minimum Gasteiger partial charge on any atom is -0.507 e. The van der Waals surface area contributed by atoms with Crippen molar-refractivity contribution in [3.8, 4) is 5.75 Å². The second-order valence-electron chi connectivity index (χ2n) is 5.39. The zero-order valence-corrected chi connectivity index (χ0v) is 13.5. The van der Waals surface area contributed by atoms with E-state index in [2.05, 4.69) is 12.2 Å². The van der Waals surface area contributed by atoms with Gasteiger partial charge in [0, 0.05) is 0 Å². The zero-order valence-electron chi connectivity index (χ0n) is 13.5. The predicted octanol–water partition coefficient (Wildman–Crippen LogP) is 4.39. The molecule has 128 valence electrons. The summed E-state index contributed by atoms with van der Waals surface area (Å²) in [5, 5.41) is 20.9. The highest BCUT2D eigenvalue weighted by atomic mass is 16.5. The highest BCUT2D eigenvalue weighted by molar-refractivity contribution is 6.01. The maximum absolute atomic E-state index is 11.7. The molecule has 0 saturated heterocycles. The first-order chi connectivity index (χ1) is 11.1. The molecule has 1 aromatic carbocycles. The quantitative estimate of drug-likeness (QED) is 0.555. The van der Waals surface area contributed by atoms with Crippen molar-refractivity contribution in [2.75, 3.05) is 11.9 Å². The van der Waals surface area contributed by atoms with E-state index < -0.39 is 17.8 Å². The van der Waals surface area contributed by atoms with Crippen LogP contribution < -0.4 is 5.32 Å². The Morgan fingerprint density at radius 3 is 2.39 bits per heavy atom. The monoisotopic (exact) mass is 323 g/mol. The molecule has 0 atom stereocenters. The van der Waals surface area contributed by atoms with E-state index in [1.807, 2.05) is 0 Å². The van der Waals surface area contributed by atoms with Crippen LogP contribution in [0.4, 0.5) is 10.5 Å². The minimum atomic E-state index is -1.31. The van der Waals surface area contributed by atoms with E-state index in [9.17, 15) is 14.7 Å². The summed E-state index contributed by atoms with van der Waals surface area (Å²) in [5.41, 5.74) is -0.331. The fraction of sp³-hybridized carbons (Fsp3) is 0.529. The molecule has 0 heterocycles. The van der Waals surface area contributed by atoms with Gasteiger partial charge in [0.1, 0.15) is 11.3 Å². The lowest BCUT2D eigenvalue weighted by Crippen LogP contribution is -2.16. The number of benzene rings is 1. The third kappa shape index (κ3) is 7.04. The number of carbonyl (C=O) groups excluding carboxylic acids is 1. The average molecular weight is 323 g/mol. The summed E-state index contributed by atoms with van der Waals surface area (Å²) in [6.45, 7) is 2.47. The molecule has 0 aliphatic carbocycles. The van der Waals surface area contributed by atoms with E-state index >= 15 is 0 Å². The molecular formula is C17H25NO5. The summed E-state index contributed by atoms with van der Waals surface area (Å²) in [6.07, 6.45) is 7.11. The molecule has 0 aliphatic heterocycles. The Kier molecular flexibility index (Phi) is 8.57. The molecule has 3 N–H and O–H groups in total. The molecule has 0 aromatic heterocycles. The van der Waals surface area contributed by atoms with Crippen LogP contribution >= 0.6 is 0 Å². The molecule has 0 radical (unpaired) electrons. The van der Waals surface area contributed by atoms with Gasteiger partial charge in [0.05, 0.1) is 12.3 Å². The molecule has 1 aromatic rings. The standard InChI is InChI=1S/C17H25NO5/c1-2-3-4-5-6-7-8-12-23-17(22)18-13-10-9-11-14(19)15(13)16(20)21/h9-11,19H,2-8,12H2,1H3,(H,18,22)(H,20,21). The Morgan fingerprint density at radius 1 is 1.09 bits per heavy atom. The smallest absolute Gasteiger partial charge is 0.411 e. The molecule has 0 bridgehead atoms. The molecule has 0 spiro atoms. The summed E-state index contributed by atoms with van der Waals surface area (Å²) in [5.74, 6) is -1.71. The van der Waals surface area contributed by atoms with Gasteiger partial charge in [-0.2, -0.15) is 0 Å². The zero-order chi connectivity index (χ0) is 17.1. The Hall–Kier alpha value is -2.24. The van der Waals surface area contributed by atoms with Crippen molar-refractivity contribution < 1.29 is 24.5 Å². The second-order valence-corrected chi connectivity index (χ2v) is 5.39. The Balaban J connectivity index is 2.30. The summed E-state index contributed by atoms with van der Waals surface area (Å²) < 4.78 is 5.02. The van der Waals surface area contributed by atoms with Gasteiger partial charge in [0.2, 0.25) is 0 Å². The van der Waals surface area contributed by atoms with Crippen LogP contribution in [0.5, 0.6) is 5.75 Å². The van der Waals surface area contributed by atoms with Crippen molar-refractivity contribution in [3.63, 3.8) is 0 Å². The number of amides is 1. The number of ether oxygens (including phenoxy) is 1. The first-order valence-electron chi connectivity index (χ1n) is 8.05. The van der Waals surface area contributed by atoms with Crippen molar-refractivity contribution in [1.82, 2.24) is 0 Å². The molecule has 6 heteroatoms. The van der Waals surface area contributed by atoms with Crippen LogP contribution in [0.3, 0.4) is 0 Å². The number of rotatable bonds is 10. The third-order valence-electron chi connectivity index (χ3n) is 3.47. The van der Waals surface area contributed by atoms with Crippen LogP contribution in [0.15, 0.2) is 18.2 Å². The van der Waals surface area contributed by atoms with Crippen molar-refractivity contribution in [2.24, 2.45) is 0 Å². The van der Waals surface area contributed by atoms with Crippen LogP contribution in [-0.4, -0.2) is 28.9 Å². The summed E-state index contributed by atoms with van der Waals surface area (Å²) in [4.78, 5) is 22.7. The number of carboxylic acids is 1. The van der Waals surface area contributed by atoms with Crippen molar-refractivity contribution in [3.05, 3.63) is 23.8 Å². The lowest BCUT2D eigenvalue weighted by atomic mass is 10.1. The van der Waals surface area contributed by atoms with Gasteiger partial charge in [-0.25, -0.2) is 9.59 Å². The van der Waals surface area contributed by atoms with Gasteiger partial charge in [-0.1, -0.05) is 51.5 Å². The van der Waals surface area contributed by atoms with E-state index in [-0.39, 0.29) is 11.3 Å². The maximum atomic E-state index is 11.7. The fourth-order valence-corrected chi connectivity index (χ4v) is 2.24. The fourth-order valence-electron chi connectivity index (χ4n) is 2.24. The number of nitrogens with one attached hydrogen (secondary N) is 1. The van der Waals surface area contributed by atoms with Crippen molar-refractivity contribution in [2.45, 2.75) is 51.9 Å². The molecule has 1 amide bonds. The normalized spacial score (nSPS) is 10.3. The van der Waals surface area contributed by atoms with Gasteiger partial charge in [-0.3, -0.25) is 5.32 Å². The van der Waals surface area contributed by atoms with Crippen molar-refractivity contribution >= 4 is 17.7 Å². The van der Waals surface area contributed by atoms with Crippen LogP contribution in [0, 0.1) is 0 Å². The van der Waals surface area contributed by atoms with E-state index in [1.54, 1.807) is 0 Å².